The summed E-state index contributed by atoms with van der Waals surface area (Å²) in [6.45, 7) is 0. The Morgan fingerprint density at radius 1 is 0.654 bits per heavy atom. The standard InChI is InChI=1S/C16H14N4O2.2ClH.2H2O/c21-13(15-17-9-5-1-2-6-10(9)18-15)14(22)16-19-11-7-3-4-8-12(11)20-16;;;;/h1-8,13-14,21-22H,(H,17,18)(H,19,20);2*1H;2*1H2/t13-,14-;;;;/m0..../s1. The minimum absolute atomic E-state index is 0. The van der Waals surface area contributed by atoms with Gasteiger partial charge < -0.3 is 46.0 Å². The fourth-order valence-electron chi connectivity index (χ4n) is 2.66. The Labute approximate surface area is 160 Å². The second-order valence-corrected chi connectivity index (χ2v) is 5.31. The summed E-state index contributed by atoms with van der Waals surface area (Å²) in [5, 5.41) is 20.8. The Morgan fingerprint density at radius 2 is 1.00 bits per heavy atom. The van der Waals surface area contributed by atoms with Gasteiger partial charge in [-0.1, -0.05) is 24.3 Å². The summed E-state index contributed by atoms with van der Waals surface area (Å²) in [6.07, 6.45) is -2.20. The number of aliphatic hydroxyl groups is 2. The lowest BCUT2D eigenvalue weighted by molar-refractivity contribution is -0.389. The number of H-pyrrole nitrogens is 4. The fraction of sp³-hybridized carbons (Fsp3) is 0.125. The van der Waals surface area contributed by atoms with Gasteiger partial charge in [0.2, 0.25) is 0 Å². The van der Waals surface area contributed by atoms with Gasteiger partial charge in [0.15, 0.2) is 34.3 Å². The maximum atomic E-state index is 10.4. The van der Waals surface area contributed by atoms with Crippen LogP contribution in [-0.4, -0.2) is 31.1 Å². The van der Waals surface area contributed by atoms with Crippen LogP contribution in [0.1, 0.15) is 23.9 Å². The van der Waals surface area contributed by atoms with Crippen LogP contribution < -0.4 is 34.8 Å². The van der Waals surface area contributed by atoms with Crippen LogP contribution in [0, 0.1) is 0 Å². The Morgan fingerprint density at radius 3 is 1.35 bits per heavy atom. The van der Waals surface area contributed by atoms with Crippen molar-refractivity contribution in [2.24, 2.45) is 0 Å². The van der Waals surface area contributed by atoms with Crippen molar-refractivity contribution in [3.05, 3.63) is 60.2 Å². The van der Waals surface area contributed by atoms with E-state index in [1.54, 1.807) is 0 Å². The number of aromatic nitrogens is 4. The first-order valence-electron chi connectivity index (χ1n) is 7.08. The monoisotopic (exact) mass is 402 g/mol. The highest BCUT2D eigenvalue weighted by molar-refractivity contribution is 5.71. The minimum atomic E-state index is -1.10. The van der Waals surface area contributed by atoms with E-state index in [0.29, 0.717) is 11.6 Å². The normalized spacial score (nSPS) is 12.2. The molecule has 0 saturated heterocycles. The highest BCUT2D eigenvalue weighted by Crippen LogP contribution is 2.24. The highest BCUT2D eigenvalue weighted by Gasteiger charge is 2.33. The molecule has 26 heavy (non-hydrogen) atoms. The zero-order chi connectivity index (χ0) is 15.1. The van der Waals surface area contributed by atoms with Crippen LogP contribution in [0.3, 0.4) is 0 Å². The Kier molecular flexibility index (Phi) is 8.68. The number of nitrogens with one attached hydrogen (secondary N) is 4. The van der Waals surface area contributed by atoms with E-state index in [1.165, 1.54) is 0 Å². The number of benzene rings is 2. The number of aromatic amines is 4. The van der Waals surface area contributed by atoms with Gasteiger partial charge in [0.25, 0.3) is 11.6 Å². The van der Waals surface area contributed by atoms with Gasteiger partial charge in [0, 0.05) is 0 Å². The molecule has 10 heteroatoms. The molecular formula is C16H20Cl2N4O4. The van der Waals surface area contributed by atoms with Crippen molar-refractivity contribution in [2.75, 3.05) is 0 Å². The summed E-state index contributed by atoms with van der Waals surface area (Å²) in [7, 11) is 0. The molecule has 2 heterocycles. The third kappa shape index (κ3) is 4.13. The number of halogens is 2. The number of fused-ring (bicyclic) bond motifs is 2. The van der Waals surface area contributed by atoms with E-state index >= 15 is 0 Å². The summed E-state index contributed by atoms with van der Waals surface area (Å²) in [5.41, 5.74) is 3.52. The van der Waals surface area contributed by atoms with E-state index < -0.39 is 12.2 Å². The molecule has 0 aliphatic rings. The van der Waals surface area contributed by atoms with Gasteiger partial charge in [-0.05, 0) is 24.3 Å². The lowest BCUT2D eigenvalue weighted by atomic mass is 10.2. The maximum Gasteiger partial charge on any atom is 0.285 e. The number of hydrogen-bond donors (Lipinski definition) is 4. The van der Waals surface area contributed by atoms with Crippen molar-refractivity contribution in [2.45, 2.75) is 12.2 Å². The zero-order valence-electron chi connectivity index (χ0n) is 13.4. The molecule has 4 rings (SSSR count). The molecule has 0 radical (unpaired) electrons. The summed E-state index contributed by atoms with van der Waals surface area (Å²) in [5.74, 6) is 0.918. The lowest BCUT2D eigenvalue weighted by Crippen LogP contribution is -3.00. The van der Waals surface area contributed by atoms with Crippen molar-refractivity contribution in [1.29, 1.82) is 0 Å². The average molecular weight is 403 g/mol. The predicted octanol–water partition coefficient (Wildman–Crippen LogP) is -6.60. The molecule has 0 spiro atoms. The first-order chi connectivity index (χ1) is 10.7. The fourth-order valence-corrected chi connectivity index (χ4v) is 2.66. The van der Waals surface area contributed by atoms with Crippen LogP contribution in [0.25, 0.3) is 22.1 Å². The van der Waals surface area contributed by atoms with Gasteiger partial charge >= 0.3 is 0 Å². The Hall–Kier alpha value is -2.20. The first-order valence-corrected chi connectivity index (χ1v) is 7.08. The van der Waals surface area contributed by atoms with E-state index in [4.69, 9.17) is 0 Å². The smallest absolute Gasteiger partial charge is 0.285 e. The topological polar surface area (TPSA) is 163 Å². The maximum absolute atomic E-state index is 10.4. The molecule has 0 aliphatic carbocycles. The second-order valence-electron chi connectivity index (χ2n) is 5.31. The third-order valence-corrected chi connectivity index (χ3v) is 3.82. The number of imidazole rings is 2. The Bertz CT molecular complexity index is 815. The third-order valence-electron chi connectivity index (χ3n) is 3.82. The van der Waals surface area contributed by atoms with Crippen LogP contribution in [0.5, 0.6) is 0 Å². The predicted molar refractivity (Wildman–Crippen MR) is 86.9 cm³/mol. The van der Waals surface area contributed by atoms with Crippen molar-refractivity contribution in [3.63, 3.8) is 0 Å². The van der Waals surface area contributed by atoms with Crippen LogP contribution in [0.4, 0.5) is 0 Å². The molecule has 2 aromatic carbocycles. The van der Waals surface area contributed by atoms with E-state index in [1.807, 2.05) is 48.5 Å². The van der Waals surface area contributed by atoms with Gasteiger partial charge in [-0.2, -0.15) is 0 Å². The van der Waals surface area contributed by atoms with Crippen molar-refractivity contribution < 1.29 is 55.9 Å². The van der Waals surface area contributed by atoms with E-state index in [9.17, 15) is 10.2 Å². The van der Waals surface area contributed by atoms with Crippen LogP contribution in [0.15, 0.2) is 48.5 Å². The van der Waals surface area contributed by atoms with Crippen molar-refractivity contribution in [1.82, 2.24) is 9.97 Å². The molecule has 0 unspecified atom stereocenters. The van der Waals surface area contributed by atoms with Gasteiger partial charge in [0.05, 0.1) is 0 Å². The van der Waals surface area contributed by atoms with E-state index in [2.05, 4.69) is 19.9 Å². The average Bonchev–Trinajstić information content (AvgIpc) is 3.16. The summed E-state index contributed by atoms with van der Waals surface area (Å²) in [6, 6.07) is 15.3. The first kappa shape index (κ1) is 23.8. The van der Waals surface area contributed by atoms with Crippen molar-refractivity contribution in [3.8, 4) is 0 Å². The van der Waals surface area contributed by atoms with Crippen LogP contribution in [0.2, 0.25) is 0 Å². The molecule has 0 aliphatic heterocycles. The van der Waals surface area contributed by atoms with E-state index in [0.717, 1.165) is 22.1 Å². The molecule has 0 amide bonds. The second kappa shape index (κ2) is 9.48. The van der Waals surface area contributed by atoms with E-state index in [-0.39, 0.29) is 35.8 Å². The number of aliphatic hydroxyl groups excluding tert-OH is 2. The summed E-state index contributed by atoms with van der Waals surface area (Å²) >= 11 is 0. The quantitative estimate of drug-likeness (QED) is 0.268. The largest absolute Gasteiger partial charge is 1.00 e. The molecular weight excluding hydrogens is 383 g/mol. The minimum Gasteiger partial charge on any atom is -1.00 e. The molecule has 0 fully saturated rings. The molecule has 2 aromatic heterocycles. The van der Waals surface area contributed by atoms with Gasteiger partial charge in [0.1, 0.15) is 0 Å². The number of rotatable bonds is 3. The molecule has 0 bridgehead atoms. The Balaban J connectivity index is 0.00000156. The molecule has 10 N–H and O–H groups in total. The molecule has 8 nitrogen and oxygen atoms in total. The SMILES string of the molecule is O.O.O[C@H](c1[nH]c2ccccc2[nH+]1)[C@H](O)c1[nH]c2ccccc2[nH+]1.[Cl-].[Cl-]. The molecule has 0 saturated carbocycles. The van der Waals surface area contributed by atoms with Crippen LogP contribution >= 0.6 is 0 Å². The van der Waals surface area contributed by atoms with Crippen LogP contribution in [-0.2, 0) is 0 Å². The zero-order valence-corrected chi connectivity index (χ0v) is 14.9. The lowest BCUT2D eigenvalue weighted by Gasteiger charge is -2.06. The molecule has 142 valence electrons. The van der Waals surface area contributed by atoms with Gasteiger partial charge in [-0.3, -0.25) is 0 Å². The van der Waals surface area contributed by atoms with Gasteiger partial charge in [-0.25, -0.2) is 19.9 Å². The molecule has 4 aromatic rings. The molecule has 2 atom stereocenters. The highest BCUT2D eigenvalue weighted by atomic mass is 35.5. The summed E-state index contributed by atoms with van der Waals surface area (Å²) in [4.78, 5) is 12.3. The van der Waals surface area contributed by atoms with Crippen molar-refractivity contribution >= 4 is 22.1 Å². The van der Waals surface area contributed by atoms with Gasteiger partial charge in [-0.15, -0.1) is 0 Å². The summed E-state index contributed by atoms with van der Waals surface area (Å²) < 4.78 is 0. The number of para-hydroxylation sites is 4. The number of hydrogen-bond acceptors (Lipinski definition) is 2.